The number of carbonyl (C=O) groups is 1. The number of aryl methyl sites for hydroxylation is 1. The fraction of sp³-hybridized carbons (Fsp3) is 0.217. The highest BCUT2D eigenvalue weighted by atomic mass is 32.1. The predicted octanol–water partition coefficient (Wildman–Crippen LogP) is 4.48. The maximum absolute atomic E-state index is 12.6. The van der Waals surface area contributed by atoms with Crippen LogP contribution >= 0.6 is 11.3 Å². The first-order valence-electron chi connectivity index (χ1n) is 9.27. The monoisotopic (exact) mass is 406 g/mol. The molecule has 6 heteroatoms. The second kappa shape index (κ2) is 9.76. The Hall–Kier alpha value is -3.30. The van der Waals surface area contributed by atoms with E-state index in [-0.39, 0.29) is 18.6 Å². The highest BCUT2D eigenvalue weighted by molar-refractivity contribution is 7.10. The maximum atomic E-state index is 12.6. The summed E-state index contributed by atoms with van der Waals surface area (Å²) in [6.45, 7) is 1.96. The number of methoxy groups -OCH3 is 1. The van der Waals surface area contributed by atoms with Crippen molar-refractivity contribution >= 4 is 17.2 Å². The maximum Gasteiger partial charge on any atom is 0.258 e. The van der Waals surface area contributed by atoms with Gasteiger partial charge in [-0.05, 0) is 41.1 Å². The Morgan fingerprint density at radius 3 is 2.59 bits per heavy atom. The lowest BCUT2D eigenvalue weighted by atomic mass is 10.0. The van der Waals surface area contributed by atoms with E-state index in [4.69, 9.17) is 14.7 Å². The van der Waals surface area contributed by atoms with Crippen LogP contribution in [0.25, 0.3) is 0 Å². The van der Waals surface area contributed by atoms with Gasteiger partial charge in [0.05, 0.1) is 24.8 Å². The minimum absolute atomic E-state index is 0.156. The van der Waals surface area contributed by atoms with E-state index >= 15 is 0 Å². The third kappa shape index (κ3) is 5.15. The quantitative estimate of drug-likeness (QED) is 0.599. The second-order valence-electron chi connectivity index (χ2n) is 6.38. The molecule has 1 unspecified atom stereocenters. The topological polar surface area (TPSA) is 71.3 Å². The molecule has 0 saturated heterocycles. The first kappa shape index (κ1) is 20.4. The Balaban J connectivity index is 1.71. The van der Waals surface area contributed by atoms with Gasteiger partial charge < -0.3 is 14.8 Å². The van der Waals surface area contributed by atoms with Gasteiger partial charge in [0.15, 0.2) is 18.1 Å². The van der Waals surface area contributed by atoms with Gasteiger partial charge in [0.2, 0.25) is 0 Å². The summed E-state index contributed by atoms with van der Waals surface area (Å²) in [6, 6.07) is 18.9. The van der Waals surface area contributed by atoms with E-state index in [1.54, 1.807) is 29.5 Å². The molecule has 1 atom stereocenters. The first-order chi connectivity index (χ1) is 14.1. The molecular weight excluding hydrogens is 384 g/mol. The van der Waals surface area contributed by atoms with Crippen molar-refractivity contribution in [3.05, 3.63) is 81.5 Å². The van der Waals surface area contributed by atoms with Crippen LogP contribution in [0.1, 0.15) is 34.5 Å². The Labute approximate surface area is 174 Å². The van der Waals surface area contributed by atoms with Crippen molar-refractivity contribution in [2.24, 2.45) is 0 Å². The molecule has 3 rings (SSSR count). The summed E-state index contributed by atoms with van der Waals surface area (Å²) in [4.78, 5) is 13.7. The molecule has 0 aliphatic heterocycles. The zero-order chi connectivity index (χ0) is 20.6. The number of benzene rings is 2. The summed E-state index contributed by atoms with van der Waals surface area (Å²) in [5, 5.41) is 14.0. The molecule has 0 radical (unpaired) electrons. The number of hydrogen-bond donors (Lipinski definition) is 1. The van der Waals surface area contributed by atoms with Crippen LogP contribution in [-0.2, 0) is 11.2 Å². The molecule has 0 aliphatic rings. The van der Waals surface area contributed by atoms with E-state index < -0.39 is 0 Å². The van der Waals surface area contributed by atoms with Crippen LogP contribution < -0.4 is 14.8 Å². The molecule has 0 saturated carbocycles. The lowest BCUT2D eigenvalue weighted by Crippen LogP contribution is -2.33. The van der Waals surface area contributed by atoms with Crippen molar-refractivity contribution in [2.75, 3.05) is 13.7 Å². The Bertz CT molecular complexity index is 992. The van der Waals surface area contributed by atoms with Crippen LogP contribution in [-0.4, -0.2) is 19.6 Å². The van der Waals surface area contributed by atoms with Crippen molar-refractivity contribution in [3.8, 4) is 17.6 Å². The minimum Gasteiger partial charge on any atom is -0.493 e. The number of nitriles is 1. The van der Waals surface area contributed by atoms with E-state index in [2.05, 4.69) is 24.4 Å². The van der Waals surface area contributed by atoms with Crippen LogP contribution in [0.15, 0.2) is 60.0 Å². The van der Waals surface area contributed by atoms with E-state index in [0.29, 0.717) is 17.1 Å². The summed E-state index contributed by atoms with van der Waals surface area (Å²) in [5.41, 5.74) is 2.74. The molecule has 5 nitrogen and oxygen atoms in total. The number of carbonyl (C=O) groups excluding carboxylic acids is 1. The SMILES string of the molecule is CCc1ccc(C(NC(=O)COc2ccc(C#N)cc2OC)c2cccs2)cc1. The zero-order valence-electron chi connectivity index (χ0n) is 16.3. The van der Waals surface area contributed by atoms with E-state index in [1.807, 2.05) is 35.7 Å². The molecule has 0 aliphatic carbocycles. The average Bonchev–Trinajstić information content (AvgIpc) is 3.30. The third-order valence-corrected chi connectivity index (χ3v) is 5.44. The molecule has 1 aromatic heterocycles. The number of ether oxygens (including phenoxy) is 2. The van der Waals surface area contributed by atoms with Crippen molar-refractivity contribution in [1.82, 2.24) is 5.32 Å². The average molecular weight is 407 g/mol. The predicted molar refractivity (Wildman–Crippen MR) is 113 cm³/mol. The summed E-state index contributed by atoms with van der Waals surface area (Å²) in [7, 11) is 1.50. The van der Waals surface area contributed by atoms with Gasteiger partial charge in [-0.1, -0.05) is 37.3 Å². The van der Waals surface area contributed by atoms with Crippen LogP contribution in [0.4, 0.5) is 0 Å². The summed E-state index contributed by atoms with van der Waals surface area (Å²) in [6.07, 6.45) is 0.969. The molecular formula is C23H22N2O3S. The van der Waals surface area contributed by atoms with Crippen molar-refractivity contribution < 1.29 is 14.3 Å². The summed E-state index contributed by atoms with van der Waals surface area (Å²) < 4.78 is 10.9. The molecule has 3 aromatic rings. The fourth-order valence-electron chi connectivity index (χ4n) is 2.92. The largest absolute Gasteiger partial charge is 0.493 e. The van der Waals surface area contributed by atoms with Crippen LogP contribution in [0, 0.1) is 11.3 Å². The highest BCUT2D eigenvalue weighted by Crippen LogP contribution is 2.29. The van der Waals surface area contributed by atoms with Gasteiger partial charge in [-0.2, -0.15) is 5.26 Å². The molecule has 29 heavy (non-hydrogen) atoms. The van der Waals surface area contributed by atoms with E-state index in [0.717, 1.165) is 16.9 Å². The molecule has 0 fully saturated rings. The van der Waals surface area contributed by atoms with Crippen molar-refractivity contribution in [3.63, 3.8) is 0 Å². The lowest BCUT2D eigenvalue weighted by Gasteiger charge is -2.19. The zero-order valence-corrected chi connectivity index (χ0v) is 17.2. The number of nitrogens with one attached hydrogen (secondary N) is 1. The molecule has 2 aromatic carbocycles. The van der Waals surface area contributed by atoms with E-state index in [1.165, 1.54) is 12.7 Å². The van der Waals surface area contributed by atoms with Crippen LogP contribution in [0.5, 0.6) is 11.5 Å². The number of amides is 1. The van der Waals surface area contributed by atoms with Crippen molar-refractivity contribution in [2.45, 2.75) is 19.4 Å². The summed E-state index contributed by atoms with van der Waals surface area (Å²) >= 11 is 1.60. The minimum atomic E-state index is -0.241. The fourth-order valence-corrected chi connectivity index (χ4v) is 3.72. The third-order valence-electron chi connectivity index (χ3n) is 4.51. The lowest BCUT2D eigenvalue weighted by molar-refractivity contribution is -0.123. The molecule has 0 spiro atoms. The normalized spacial score (nSPS) is 11.3. The van der Waals surface area contributed by atoms with Gasteiger partial charge >= 0.3 is 0 Å². The molecule has 1 N–H and O–H groups in total. The Kier molecular flexibility index (Phi) is 6.88. The van der Waals surface area contributed by atoms with Gasteiger partial charge in [-0.3, -0.25) is 4.79 Å². The summed E-state index contributed by atoms with van der Waals surface area (Å²) in [5.74, 6) is 0.595. The molecule has 1 amide bonds. The second-order valence-corrected chi connectivity index (χ2v) is 7.36. The molecule has 1 heterocycles. The standard InChI is InChI=1S/C23H22N2O3S/c1-3-16-6-9-18(10-7-16)23(21-5-4-12-29-21)25-22(26)15-28-19-11-8-17(14-24)13-20(19)27-2/h4-13,23H,3,15H2,1-2H3,(H,25,26). The van der Waals surface area contributed by atoms with Crippen LogP contribution in [0.3, 0.4) is 0 Å². The van der Waals surface area contributed by atoms with Crippen molar-refractivity contribution in [1.29, 1.82) is 5.26 Å². The number of nitrogens with zero attached hydrogens (tertiary/aromatic N) is 1. The first-order valence-corrected chi connectivity index (χ1v) is 10.1. The van der Waals surface area contributed by atoms with Crippen LogP contribution in [0.2, 0.25) is 0 Å². The highest BCUT2D eigenvalue weighted by Gasteiger charge is 2.19. The number of thiophene rings is 1. The van der Waals surface area contributed by atoms with Gasteiger partial charge in [-0.25, -0.2) is 0 Å². The number of hydrogen-bond acceptors (Lipinski definition) is 5. The molecule has 148 valence electrons. The van der Waals surface area contributed by atoms with Gasteiger partial charge in [0, 0.05) is 10.9 Å². The van der Waals surface area contributed by atoms with Gasteiger partial charge in [-0.15, -0.1) is 11.3 Å². The van der Waals surface area contributed by atoms with E-state index in [9.17, 15) is 4.79 Å². The van der Waals surface area contributed by atoms with Gasteiger partial charge in [0.25, 0.3) is 5.91 Å². The Morgan fingerprint density at radius 1 is 1.17 bits per heavy atom. The Morgan fingerprint density at radius 2 is 1.97 bits per heavy atom. The smallest absolute Gasteiger partial charge is 0.258 e. The number of rotatable bonds is 8. The van der Waals surface area contributed by atoms with Gasteiger partial charge in [0.1, 0.15) is 0 Å². The molecule has 0 bridgehead atoms.